The van der Waals surface area contributed by atoms with E-state index in [-0.39, 0.29) is 16.8 Å². The lowest BCUT2D eigenvalue weighted by molar-refractivity contribution is -0.141. The third kappa shape index (κ3) is 2.22. The number of nitrogens with one attached hydrogen (secondary N) is 1. The minimum atomic E-state index is -4.61. The number of halogens is 4. The van der Waals surface area contributed by atoms with Gasteiger partial charge < -0.3 is 5.32 Å². The van der Waals surface area contributed by atoms with E-state index >= 15 is 0 Å². The Morgan fingerprint density at radius 1 is 1.16 bits per heavy atom. The van der Waals surface area contributed by atoms with Gasteiger partial charge >= 0.3 is 6.18 Å². The lowest BCUT2D eigenvalue weighted by Gasteiger charge is -2.16. The van der Waals surface area contributed by atoms with Crippen LogP contribution in [0.4, 0.5) is 23.2 Å². The first-order valence-electron chi connectivity index (χ1n) is 5.61. The first-order valence-corrected chi connectivity index (χ1v) is 5.61. The summed E-state index contributed by atoms with van der Waals surface area (Å²) in [5.41, 5.74) is -0.491. The number of aryl methyl sites for hydroxylation is 1. The third-order valence-corrected chi connectivity index (χ3v) is 2.95. The fraction of sp³-hybridized carbons (Fsp3) is 0.308. The van der Waals surface area contributed by atoms with Gasteiger partial charge in [0.15, 0.2) is 0 Å². The highest BCUT2D eigenvalue weighted by molar-refractivity contribution is 5.94. The second kappa shape index (κ2) is 4.36. The molecule has 0 spiro atoms. The number of benzene rings is 1. The van der Waals surface area contributed by atoms with Gasteiger partial charge in [0, 0.05) is 23.7 Å². The Hall–Kier alpha value is -1.85. The molecule has 6 heteroatoms. The van der Waals surface area contributed by atoms with Crippen LogP contribution in [-0.4, -0.2) is 12.0 Å². The Labute approximate surface area is 107 Å². The van der Waals surface area contributed by atoms with E-state index in [0.29, 0.717) is 10.9 Å². The summed E-state index contributed by atoms with van der Waals surface area (Å²) in [6, 6.07) is 2.79. The molecular formula is C13H12F4N2. The molecule has 0 saturated carbocycles. The molecule has 0 fully saturated rings. The standard InChI is InChI=1S/C13H12F4N2/c1-6-4-8-10(18-3)7(2)12(13(15,16)17)19-11(8)9(14)5-6/h4-5H,1-3H3,(H,18,19). The van der Waals surface area contributed by atoms with Crippen molar-refractivity contribution in [2.24, 2.45) is 0 Å². The van der Waals surface area contributed by atoms with Gasteiger partial charge in [0.05, 0.1) is 0 Å². The van der Waals surface area contributed by atoms with Crippen LogP contribution >= 0.6 is 0 Å². The molecule has 102 valence electrons. The maximum absolute atomic E-state index is 13.8. The molecule has 0 saturated heterocycles. The molecular weight excluding hydrogens is 260 g/mol. The molecule has 1 aromatic carbocycles. The van der Waals surface area contributed by atoms with Gasteiger partial charge in [0.1, 0.15) is 17.0 Å². The van der Waals surface area contributed by atoms with Crippen molar-refractivity contribution in [2.75, 3.05) is 12.4 Å². The maximum Gasteiger partial charge on any atom is 0.433 e. The van der Waals surface area contributed by atoms with E-state index in [4.69, 9.17) is 0 Å². The summed E-state index contributed by atoms with van der Waals surface area (Å²) in [6.45, 7) is 3.00. The second-order valence-corrected chi connectivity index (χ2v) is 4.35. The average molecular weight is 272 g/mol. The van der Waals surface area contributed by atoms with Crippen LogP contribution in [0.1, 0.15) is 16.8 Å². The van der Waals surface area contributed by atoms with Crippen LogP contribution in [0.15, 0.2) is 12.1 Å². The van der Waals surface area contributed by atoms with Gasteiger partial charge in [0.25, 0.3) is 0 Å². The molecule has 2 aromatic rings. The van der Waals surface area contributed by atoms with Crippen LogP contribution in [0.5, 0.6) is 0 Å². The summed E-state index contributed by atoms with van der Waals surface area (Å²) in [5.74, 6) is -0.753. The van der Waals surface area contributed by atoms with Gasteiger partial charge in [0.2, 0.25) is 0 Å². The smallest absolute Gasteiger partial charge is 0.387 e. The maximum atomic E-state index is 13.8. The highest BCUT2D eigenvalue weighted by Gasteiger charge is 2.36. The van der Waals surface area contributed by atoms with Crippen LogP contribution in [0.25, 0.3) is 10.9 Å². The predicted octanol–water partition coefficient (Wildman–Crippen LogP) is 4.05. The van der Waals surface area contributed by atoms with E-state index in [2.05, 4.69) is 10.3 Å². The Balaban J connectivity index is 2.95. The van der Waals surface area contributed by atoms with Crippen molar-refractivity contribution in [1.82, 2.24) is 4.98 Å². The van der Waals surface area contributed by atoms with E-state index < -0.39 is 17.7 Å². The quantitative estimate of drug-likeness (QED) is 0.792. The molecule has 1 aromatic heterocycles. The number of rotatable bonds is 1. The first kappa shape index (κ1) is 13.6. The van der Waals surface area contributed by atoms with Gasteiger partial charge in [-0.2, -0.15) is 13.2 Å². The summed E-state index contributed by atoms with van der Waals surface area (Å²) >= 11 is 0. The molecule has 0 aliphatic carbocycles. The zero-order valence-electron chi connectivity index (χ0n) is 10.6. The summed E-state index contributed by atoms with van der Waals surface area (Å²) in [6.07, 6.45) is -4.61. The van der Waals surface area contributed by atoms with E-state index in [1.807, 2.05) is 0 Å². The number of hydrogen-bond acceptors (Lipinski definition) is 2. The van der Waals surface area contributed by atoms with Gasteiger partial charge in [-0.15, -0.1) is 0 Å². The highest BCUT2D eigenvalue weighted by Crippen LogP contribution is 2.37. The summed E-state index contributed by atoms with van der Waals surface area (Å²) in [7, 11) is 1.50. The van der Waals surface area contributed by atoms with Crippen LogP contribution in [0.3, 0.4) is 0 Å². The number of aromatic nitrogens is 1. The van der Waals surface area contributed by atoms with Crippen LogP contribution in [0.2, 0.25) is 0 Å². The molecule has 1 N–H and O–H groups in total. The molecule has 0 aliphatic heterocycles. The molecule has 19 heavy (non-hydrogen) atoms. The minimum absolute atomic E-state index is 0.0347. The molecule has 2 nitrogen and oxygen atoms in total. The van der Waals surface area contributed by atoms with Crippen LogP contribution in [0, 0.1) is 19.7 Å². The van der Waals surface area contributed by atoms with Crippen molar-refractivity contribution in [3.63, 3.8) is 0 Å². The molecule has 0 aliphatic rings. The Morgan fingerprint density at radius 2 is 1.79 bits per heavy atom. The fourth-order valence-electron chi connectivity index (χ4n) is 2.15. The SMILES string of the molecule is CNc1c(C)c(C(F)(F)F)nc2c(F)cc(C)cc12. The Morgan fingerprint density at radius 3 is 2.32 bits per heavy atom. The zero-order valence-corrected chi connectivity index (χ0v) is 10.6. The number of anilines is 1. The van der Waals surface area contributed by atoms with Crippen molar-refractivity contribution in [3.05, 3.63) is 34.8 Å². The van der Waals surface area contributed by atoms with Gasteiger partial charge in [-0.1, -0.05) is 0 Å². The monoisotopic (exact) mass is 272 g/mol. The predicted molar refractivity (Wildman–Crippen MR) is 65.7 cm³/mol. The minimum Gasteiger partial charge on any atom is -0.387 e. The third-order valence-electron chi connectivity index (χ3n) is 2.95. The topological polar surface area (TPSA) is 24.9 Å². The van der Waals surface area contributed by atoms with Gasteiger partial charge in [-0.05, 0) is 31.5 Å². The van der Waals surface area contributed by atoms with Crippen LogP contribution < -0.4 is 5.32 Å². The number of alkyl halides is 3. The average Bonchev–Trinajstić information content (AvgIpc) is 2.26. The van der Waals surface area contributed by atoms with E-state index in [1.54, 1.807) is 13.0 Å². The lowest BCUT2D eigenvalue weighted by Crippen LogP contribution is -2.13. The first-order chi connectivity index (χ1) is 8.75. The molecule has 1 heterocycles. The highest BCUT2D eigenvalue weighted by atomic mass is 19.4. The van der Waals surface area contributed by atoms with E-state index in [1.165, 1.54) is 20.0 Å². The van der Waals surface area contributed by atoms with Crippen molar-refractivity contribution < 1.29 is 17.6 Å². The molecule has 0 radical (unpaired) electrons. The van der Waals surface area contributed by atoms with Gasteiger partial charge in [-0.25, -0.2) is 9.37 Å². The number of fused-ring (bicyclic) bond motifs is 1. The van der Waals surface area contributed by atoms with Crippen LogP contribution in [-0.2, 0) is 6.18 Å². The zero-order chi connectivity index (χ0) is 14.4. The molecule has 0 unspecified atom stereocenters. The van der Waals surface area contributed by atoms with Gasteiger partial charge in [-0.3, -0.25) is 0 Å². The van der Waals surface area contributed by atoms with Crippen molar-refractivity contribution in [1.29, 1.82) is 0 Å². The Bertz CT molecular complexity index is 647. The summed E-state index contributed by atoms with van der Waals surface area (Å²) in [5, 5.41) is 3.05. The fourth-order valence-corrected chi connectivity index (χ4v) is 2.15. The van der Waals surface area contributed by atoms with Crippen molar-refractivity contribution in [3.8, 4) is 0 Å². The molecule has 2 rings (SSSR count). The van der Waals surface area contributed by atoms with Crippen molar-refractivity contribution >= 4 is 16.6 Å². The number of hydrogen-bond donors (Lipinski definition) is 1. The summed E-state index contributed by atoms with van der Waals surface area (Å²) < 4.78 is 52.5. The number of pyridine rings is 1. The van der Waals surface area contributed by atoms with E-state index in [9.17, 15) is 17.6 Å². The van der Waals surface area contributed by atoms with E-state index in [0.717, 1.165) is 0 Å². The van der Waals surface area contributed by atoms with Crippen molar-refractivity contribution in [2.45, 2.75) is 20.0 Å². The number of nitrogens with zero attached hydrogens (tertiary/aromatic N) is 1. The summed E-state index contributed by atoms with van der Waals surface area (Å²) in [4.78, 5) is 3.46. The largest absolute Gasteiger partial charge is 0.433 e. The Kier molecular flexibility index (Phi) is 3.12. The molecule has 0 atom stereocenters. The normalized spacial score (nSPS) is 11.9. The lowest BCUT2D eigenvalue weighted by atomic mass is 10.0. The second-order valence-electron chi connectivity index (χ2n) is 4.35. The molecule has 0 bridgehead atoms. The molecule has 0 amide bonds.